The maximum absolute atomic E-state index is 6.49. The van der Waals surface area contributed by atoms with Crippen LogP contribution in [-0.4, -0.2) is 25.0 Å². The first kappa shape index (κ1) is 16.2. The second kappa shape index (κ2) is 7.21. The van der Waals surface area contributed by atoms with E-state index in [1.807, 2.05) is 17.4 Å². The summed E-state index contributed by atoms with van der Waals surface area (Å²) in [7, 11) is 2.19. The van der Waals surface area contributed by atoms with Crippen molar-refractivity contribution in [3.05, 3.63) is 58.3 Å². The van der Waals surface area contributed by atoms with Crippen molar-refractivity contribution < 1.29 is 0 Å². The smallest absolute Gasteiger partial charge is 0.0359 e. The van der Waals surface area contributed by atoms with Crippen LogP contribution in [0.3, 0.4) is 0 Å². The molecule has 0 fully saturated rings. The molecule has 0 aliphatic heterocycles. The Morgan fingerprint density at radius 2 is 1.86 bits per heavy atom. The van der Waals surface area contributed by atoms with E-state index in [4.69, 9.17) is 5.73 Å². The fraction of sp³-hybridized carbons (Fsp3) is 0.444. The lowest BCUT2D eigenvalue weighted by Crippen LogP contribution is -2.40. The van der Waals surface area contributed by atoms with E-state index in [1.165, 1.54) is 10.4 Å². The molecular weight excluding hydrogens is 276 g/mol. The van der Waals surface area contributed by atoms with E-state index >= 15 is 0 Å². The summed E-state index contributed by atoms with van der Waals surface area (Å²) in [6.45, 7) is 6.58. The van der Waals surface area contributed by atoms with Crippen LogP contribution in [0, 0.1) is 5.41 Å². The average Bonchev–Trinajstić information content (AvgIpc) is 2.98. The minimum atomic E-state index is 0.0472. The Morgan fingerprint density at radius 1 is 1.14 bits per heavy atom. The Hall–Kier alpha value is -1.16. The molecule has 21 heavy (non-hydrogen) atoms. The highest BCUT2D eigenvalue weighted by molar-refractivity contribution is 7.09. The molecule has 3 heteroatoms. The lowest BCUT2D eigenvalue weighted by molar-refractivity contribution is 0.178. The molecule has 2 rings (SSSR count). The van der Waals surface area contributed by atoms with Gasteiger partial charge in [-0.05, 0) is 35.9 Å². The lowest BCUT2D eigenvalue weighted by atomic mass is 9.80. The Morgan fingerprint density at radius 3 is 2.48 bits per heavy atom. The second-order valence-corrected chi connectivity index (χ2v) is 7.48. The Balaban J connectivity index is 1.90. The van der Waals surface area contributed by atoms with Gasteiger partial charge in [0, 0.05) is 24.0 Å². The van der Waals surface area contributed by atoms with Gasteiger partial charge in [-0.2, -0.15) is 0 Å². The van der Waals surface area contributed by atoms with E-state index in [1.54, 1.807) is 0 Å². The zero-order chi connectivity index (χ0) is 15.3. The van der Waals surface area contributed by atoms with Gasteiger partial charge in [0.1, 0.15) is 0 Å². The van der Waals surface area contributed by atoms with Crippen LogP contribution >= 0.6 is 11.3 Å². The summed E-state index contributed by atoms with van der Waals surface area (Å²) in [4.78, 5) is 3.84. The van der Waals surface area contributed by atoms with Gasteiger partial charge in [-0.25, -0.2) is 0 Å². The third-order valence-corrected chi connectivity index (χ3v) is 4.93. The molecule has 0 saturated carbocycles. The van der Waals surface area contributed by atoms with E-state index in [0.29, 0.717) is 0 Å². The summed E-state index contributed by atoms with van der Waals surface area (Å²) in [5, 5.41) is 2.14. The van der Waals surface area contributed by atoms with Crippen LogP contribution in [-0.2, 0) is 6.42 Å². The number of rotatable bonds is 7. The minimum absolute atomic E-state index is 0.0472. The fourth-order valence-corrected chi connectivity index (χ4v) is 3.44. The summed E-state index contributed by atoms with van der Waals surface area (Å²) in [6, 6.07) is 14.8. The number of hydrogen-bond donors (Lipinski definition) is 1. The number of likely N-dealkylation sites (N-methyl/N-ethyl adjacent to an activating group) is 1. The van der Waals surface area contributed by atoms with Crippen molar-refractivity contribution in [2.45, 2.75) is 26.3 Å². The molecule has 0 radical (unpaired) electrons. The zero-order valence-electron chi connectivity index (χ0n) is 13.3. The molecular formula is C18H26N2S. The van der Waals surface area contributed by atoms with E-state index in [9.17, 15) is 0 Å². The predicted molar refractivity (Wildman–Crippen MR) is 92.7 cm³/mol. The molecule has 114 valence electrons. The lowest BCUT2D eigenvalue weighted by Gasteiger charge is -2.35. The molecule has 0 amide bonds. The average molecular weight is 302 g/mol. The van der Waals surface area contributed by atoms with E-state index in [0.717, 1.165) is 19.5 Å². The molecule has 1 heterocycles. The summed E-state index contributed by atoms with van der Waals surface area (Å²) < 4.78 is 0. The van der Waals surface area contributed by atoms with Crippen molar-refractivity contribution >= 4 is 11.3 Å². The third-order valence-electron chi connectivity index (χ3n) is 4.00. The van der Waals surface area contributed by atoms with Crippen LogP contribution in [0.15, 0.2) is 47.8 Å². The zero-order valence-corrected chi connectivity index (χ0v) is 14.1. The molecule has 2 nitrogen and oxygen atoms in total. The first-order chi connectivity index (χ1) is 9.99. The molecule has 1 aromatic heterocycles. The van der Waals surface area contributed by atoms with Gasteiger partial charge in [-0.3, -0.25) is 0 Å². The molecule has 0 aliphatic carbocycles. The Labute approximate surface area is 132 Å². The summed E-state index contributed by atoms with van der Waals surface area (Å²) in [5.74, 6) is 0. The fourth-order valence-electron chi connectivity index (χ4n) is 2.74. The molecule has 0 aliphatic rings. The topological polar surface area (TPSA) is 29.3 Å². The van der Waals surface area contributed by atoms with Crippen molar-refractivity contribution in [3.63, 3.8) is 0 Å². The molecule has 2 N–H and O–H groups in total. The minimum Gasteiger partial charge on any atom is -0.323 e. The SMILES string of the molecule is CN(CCc1cccs1)CC(C)(C)C(N)c1ccccc1. The number of nitrogens with zero attached hydrogens (tertiary/aromatic N) is 1. The van der Waals surface area contributed by atoms with Crippen LogP contribution in [0.5, 0.6) is 0 Å². The maximum Gasteiger partial charge on any atom is 0.0359 e. The van der Waals surface area contributed by atoms with Crippen LogP contribution in [0.4, 0.5) is 0 Å². The molecule has 1 unspecified atom stereocenters. The Bertz CT molecular complexity index is 519. The predicted octanol–water partition coefficient (Wildman–Crippen LogP) is 3.95. The molecule has 1 atom stereocenters. The highest BCUT2D eigenvalue weighted by Crippen LogP contribution is 2.31. The largest absolute Gasteiger partial charge is 0.323 e. The normalized spacial score (nSPS) is 13.6. The van der Waals surface area contributed by atoms with Crippen molar-refractivity contribution in [2.24, 2.45) is 11.1 Å². The van der Waals surface area contributed by atoms with E-state index in [-0.39, 0.29) is 11.5 Å². The maximum atomic E-state index is 6.49. The summed E-state index contributed by atoms with van der Waals surface area (Å²) >= 11 is 1.83. The summed E-state index contributed by atoms with van der Waals surface area (Å²) in [6.07, 6.45) is 1.12. The second-order valence-electron chi connectivity index (χ2n) is 6.44. The van der Waals surface area contributed by atoms with Gasteiger partial charge < -0.3 is 10.6 Å². The van der Waals surface area contributed by atoms with Crippen molar-refractivity contribution in [1.82, 2.24) is 4.90 Å². The number of benzene rings is 1. The quantitative estimate of drug-likeness (QED) is 0.839. The molecule has 1 aromatic carbocycles. The Kier molecular flexibility index (Phi) is 5.57. The van der Waals surface area contributed by atoms with Gasteiger partial charge in [-0.15, -0.1) is 11.3 Å². The number of hydrogen-bond acceptors (Lipinski definition) is 3. The highest BCUT2D eigenvalue weighted by Gasteiger charge is 2.28. The standard InChI is InChI=1S/C18H26N2S/c1-18(2,17(19)15-8-5-4-6-9-15)14-20(3)12-11-16-10-7-13-21-16/h4-10,13,17H,11-12,14,19H2,1-3H3. The van der Waals surface area contributed by atoms with Gasteiger partial charge in [0.05, 0.1) is 0 Å². The van der Waals surface area contributed by atoms with E-state index < -0.39 is 0 Å². The van der Waals surface area contributed by atoms with Gasteiger partial charge in [0.25, 0.3) is 0 Å². The first-order valence-corrected chi connectivity index (χ1v) is 8.38. The van der Waals surface area contributed by atoms with Crippen LogP contribution < -0.4 is 5.73 Å². The van der Waals surface area contributed by atoms with Gasteiger partial charge in [-0.1, -0.05) is 50.2 Å². The van der Waals surface area contributed by atoms with Crippen LogP contribution in [0.25, 0.3) is 0 Å². The van der Waals surface area contributed by atoms with Crippen molar-refractivity contribution in [2.75, 3.05) is 20.1 Å². The third kappa shape index (κ3) is 4.67. The molecule has 2 aromatic rings. The number of thiophene rings is 1. The molecule has 0 saturated heterocycles. The number of nitrogens with two attached hydrogens (primary N) is 1. The van der Waals surface area contributed by atoms with Crippen molar-refractivity contribution in [3.8, 4) is 0 Å². The van der Waals surface area contributed by atoms with Gasteiger partial charge in [0.2, 0.25) is 0 Å². The van der Waals surface area contributed by atoms with Gasteiger partial charge in [0.15, 0.2) is 0 Å². The van der Waals surface area contributed by atoms with Crippen molar-refractivity contribution in [1.29, 1.82) is 0 Å². The molecule has 0 bridgehead atoms. The highest BCUT2D eigenvalue weighted by atomic mass is 32.1. The van der Waals surface area contributed by atoms with Crippen LogP contribution in [0.1, 0.15) is 30.3 Å². The molecule has 0 spiro atoms. The monoisotopic (exact) mass is 302 g/mol. The van der Waals surface area contributed by atoms with E-state index in [2.05, 4.69) is 67.6 Å². The van der Waals surface area contributed by atoms with Gasteiger partial charge >= 0.3 is 0 Å². The first-order valence-electron chi connectivity index (χ1n) is 7.50. The summed E-state index contributed by atoms with van der Waals surface area (Å²) in [5.41, 5.74) is 7.75. The van der Waals surface area contributed by atoms with Crippen LogP contribution in [0.2, 0.25) is 0 Å².